The summed E-state index contributed by atoms with van der Waals surface area (Å²) in [5, 5.41) is 12.0. The first-order chi connectivity index (χ1) is 9.86. The molecule has 114 valence electrons. The van der Waals surface area contributed by atoms with Crippen molar-refractivity contribution in [2.24, 2.45) is 11.8 Å². The van der Waals surface area contributed by atoms with Crippen molar-refractivity contribution in [1.82, 2.24) is 4.90 Å². The molecule has 2 rings (SSSR count). The molecule has 21 heavy (non-hydrogen) atoms. The van der Waals surface area contributed by atoms with Gasteiger partial charge < -0.3 is 15.3 Å². The van der Waals surface area contributed by atoms with Crippen LogP contribution >= 0.6 is 0 Å². The molecule has 1 saturated heterocycles. The quantitative estimate of drug-likeness (QED) is 0.880. The van der Waals surface area contributed by atoms with Crippen LogP contribution in [0.2, 0.25) is 0 Å². The van der Waals surface area contributed by atoms with Crippen molar-refractivity contribution in [3.05, 3.63) is 29.3 Å². The Morgan fingerprint density at radius 2 is 2.00 bits per heavy atom. The Hall–Kier alpha value is -2.04. The zero-order valence-corrected chi connectivity index (χ0v) is 12.7. The number of hydrogen-bond donors (Lipinski definition) is 2. The highest BCUT2D eigenvalue weighted by molar-refractivity contribution is 5.90. The summed E-state index contributed by atoms with van der Waals surface area (Å²) in [4.78, 5) is 25.1. The Bertz CT molecular complexity index is 556. The van der Waals surface area contributed by atoms with Gasteiger partial charge in [-0.3, -0.25) is 4.79 Å². The number of nitrogens with one attached hydrogen (secondary N) is 1. The number of amides is 2. The highest BCUT2D eigenvalue weighted by atomic mass is 16.4. The number of piperidine rings is 1. The average molecular weight is 290 g/mol. The van der Waals surface area contributed by atoms with E-state index in [-0.39, 0.29) is 18.5 Å². The van der Waals surface area contributed by atoms with E-state index >= 15 is 0 Å². The second-order valence-corrected chi connectivity index (χ2v) is 6.03. The highest BCUT2D eigenvalue weighted by Gasteiger charge is 2.31. The summed E-state index contributed by atoms with van der Waals surface area (Å²) in [5.41, 5.74) is 2.92. The van der Waals surface area contributed by atoms with E-state index in [1.807, 2.05) is 39.0 Å². The predicted molar refractivity (Wildman–Crippen MR) is 81.4 cm³/mol. The Labute approximate surface area is 125 Å². The number of benzene rings is 1. The Morgan fingerprint density at radius 1 is 1.29 bits per heavy atom. The van der Waals surface area contributed by atoms with Crippen LogP contribution < -0.4 is 5.32 Å². The predicted octanol–water partition coefficient (Wildman–Crippen LogP) is 2.88. The van der Waals surface area contributed by atoms with Crippen LogP contribution in [0.4, 0.5) is 10.5 Å². The number of aryl methyl sites for hydroxylation is 2. The van der Waals surface area contributed by atoms with E-state index in [0.29, 0.717) is 13.0 Å². The highest BCUT2D eigenvalue weighted by Crippen LogP contribution is 2.23. The van der Waals surface area contributed by atoms with Gasteiger partial charge in [0.1, 0.15) is 0 Å². The molecule has 0 aliphatic carbocycles. The third-order valence-electron chi connectivity index (χ3n) is 3.92. The smallest absolute Gasteiger partial charge is 0.321 e. The van der Waals surface area contributed by atoms with Gasteiger partial charge in [-0.15, -0.1) is 0 Å². The van der Waals surface area contributed by atoms with Crippen LogP contribution in [0.15, 0.2) is 18.2 Å². The van der Waals surface area contributed by atoms with Gasteiger partial charge in [0, 0.05) is 18.8 Å². The van der Waals surface area contributed by atoms with Crippen LogP contribution in [0.3, 0.4) is 0 Å². The molecule has 2 amide bonds. The number of rotatable bonds is 2. The molecule has 2 unspecified atom stereocenters. The summed E-state index contributed by atoms with van der Waals surface area (Å²) < 4.78 is 0. The topological polar surface area (TPSA) is 69.6 Å². The Balaban J connectivity index is 2.07. The first-order valence-corrected chi connectivity index (χ1v) is 7.22. The molecule has 5 nitrogen and oxygen atoms in total. The number of carbonyl (C=O) groups excluding carboxylic acids is 1. The minimum absolute atomic E-state index is 0.199. The summed E-state index contributed by atoms with van der Waals surface area (Å²) in [6.07, 6.45) is 0.628. The Morgan fingerprint density at radius 3 is 2.62 bits per heavy atom. The molecule has 0 spiro atoms. The molecule has 5 heteroatoms. The summed E-state index contributed by atoms with van der Waals surface area (Å²) in [7, 11) is 0. The summed E-state index contributed by atoms with van der Waals surface area (Å²) >= 11 is 0. The minimum Gasteiger partial charge on any atom is -0.481 e. The zero-order chi connectivity index (χ0) is 15.6. The van der Waals surface area contributed by atoms with Crippen molar-refractivity contribution in [2.45, 2.75) is 27.2 Å². The molecule has 1 heterocycles. The maximum absolute atomic E-state index is 12.3. The molecule has 1 aromatic rings. The molecule has 0 saturated carbocycles. The van der Waals surface area contributed by atoms with E-state index < -0.39 is 11.9 Å². The first kappa shape index (κ1) is 15.4. The molecule has 0 bridgehead atoms. The SMILES string of the molecule is Cc1ccc(NC(=O)N2CC(C)CC(C(=O)O)C2)c(C)c1. The van der Waals surface area contributed by atoms with Gasteiger partial charge in [0.05, 0.1) is 5.92 Å². The lowest BCUT2D eigenvalue weighted by Gasteiger charge is -2.34. The van der Waals surface area contributed by atoms with Crippen LogP contribution in [0, 0.1) is 25.7 Å². The van der Waals surface area contributed by atoms with Crippen LogP contribution in [-0.4, -0.2) is 35.1 Å². The number of nitrogens with zero attached hydrogens (tertiary/aromatic N) is 1. The molecule has 1 fully saturated rings. The largest absolute Gasteiger partial charge is 0.481 e. The lowest BCUT2D eigenvalue weighted by atomic mass is 9.91. The fourth-order valence-corrected chi connectivity index (χ4v) is 2.84. The summed E-state index contributed by atoms with van der Waals surface area (Å²) in [6, 6.07) is 5.61. The third kappa shape index (κ3) is 3.74. The van der Waals surface area contributed by atoms with E-state index in [1.54, 1.807) is 4.90 Å². The minimum atomic E-state index is -0.828. The molecule has 1 aromatic carbocycles. The van der Waals surface area contributed by atoms with Gasteiger partial charge in [0.15, 0.2) is 0 Å². The van der Waals surface area contributed by atoms with Gasteiger partial charge >= 0.3 is 12.0 Å². The van der Waals surface area contributed by atoms with Crippen molar-refractivity contribution in [3.8, 4) is 0 Å². The van der Waals surface area contributed by atoms with E-state index in [0.717, 1.165) is 16.8 Å². The second kappa shape index (κ2) is 6.16. The van der Waals surface area contributed by atoms with Crippen molar-refractivity contribution in [2.75, 3.05) is 18.4 Å². The van der Waals surface area contributed by atoms with Crippen LogP contribution in [0.1, 0.15) is 24.5 Å². The average Bonchev–Trinajstić information content (AvgIpc) is 2.41. The third-order valence-corrected chi connectivity index (χ3v) is 3.92. The molecule has 2 atom stereocenters. The number of likely N-dealkylation sites (tertiary alicyclic amines) is 1. The first-order valence-electron chi connectivity index (χ1n) is 7.22. The number of hydrogen-bond acceptors (Lipinski definition) is 2. The molecule has 1 aliphatic heterocycles. The maximum Gasteiger partial charge on any atom is 0.321 e. The fourth-order valence-electron chi connectivity index (χ4n) is 2.84. The number of carboxylic acid groups (broad SMARTS) is 1. The molecule has 2 N–H and O–H groups in total. The van der Waals surface area contributed by atoms with Crippen molar-refractivity contribution in [1.29, 1.82) is 0 Å². The maximum atomic E-state index is 12.3. The number of anilines is 1. The summed E-state index contributed by atoms with van der Waals surface area (Å²) in [6.45, 7) is 6.80. The van der Waals surface area contributed by atoms with E-state index in [4.69, 9.17) is 5.11 Å². The van der Waals surface area contributed by atoms with Crippen LogP contribution in [0.5, 0.6) is 0 Å². The van der Waals surface area contributed by atoms with Crippen molar-refractivity contribution < 1.29 is 14.7 Å². The number of carbonyl (C=O) groups is 2. The molecule has 1 aliphatic rings. The monoisotopic (exact) mass is 290 g/mol. The van der Waals surface area contributed by atoms with Gasteiger partial charge in [0.2, 0.25) is 0 Å². The second-order valence-electron chi connectivity index (χ2n) is 6.03. The lowest BCUT2D eigenvalue weighted by molar-refractivity contribution is -0.143. The Kier molecular flexibility index (Phi) is 4.50. The number of carboxylic acids is 1. The standard InChI is InChI=1S/C16H22N2O3/c1-10-4-5-14(12(3)6-10)17-16(21)18-8-11(2)7-13(9-18)15(19)20/h4-6,11,13H,7-9H2,1-3H3,(H,17,21)(H,19,20). The molecule has 0 radical (unpaired) electrons. The van der Waals surface area contributed by atoms with Crippen LogP contribution in [0.25, 0.3) is 0 Å². The molecular formula is C16H22N2O3. The van der Waals surface area contributed by atoms with Gasteiger partial charge in [-0.1, -0.05) is 24.6 Å². The van der Waals surface area contributed by atoms with Gasteiger partial charge in [-0.2, -0.15) is 0 Å². The normalized spacial score (nSPS) is 22.0. The number of urea groups is 1. The van der Waals surface area contributed by atoms with Crippen molar-refractivity contribution in [3.63, 3.8) is 0 Å². The number of aliphatic carboxylic acids is 1. The van der Waals surface area contributed by atoms with Gasteiger partial charge in [-0.05, 0) is 37.8 Å². The van der Waals surface area contributed by atoms with Gasteiger partial charge in [0.25, 0.3) is 0 Å². The fraction of sp³-hybridized carbons (Fsp3) is 0.500. The van der Waals surface area contributed by atoms with E-state index in [9.17, 15) is 9.59 Å². The van der Waals surface area contributed by atoms with Crippen molar-refractivity contribution >= 4 is 17.7 Å². The van der Waals surface area contributed by atoms with Crippen LogP contribution in [-0.2, 0) is 4.79 Å². The lowest BCUT2D eigenvalue weighted by Crippen LogP contribution is -2.47. The van der Waals surface area contributed by atoms with E-state index in [1.165, 1.54) is 0 Å². The molecular weight excluding hydrogens is 268 g/mol. The molecule has 0 aromatic heterocycles. The van der Waals surface area contributed by atoms with E-state index in [2.05, 4.69) is 5.32 Å². The van der Waals surface area contributed by atoms with Gasteiger partial charge in [-0.25, -0.2) is 4.79 Å². The zero-order valence-electron chi connectivity index (χ0n) is 12.7. The summed E-state index contributed by atoms with van der Waals surface area (Å²) in [5.74, 6) is -1.10.